The smallest absolute Gasteiger partial charge is 0.136 e. The van der Waals surface area contributed by atoms with Gasteiger partial charge in [-0.15, -0.1) is 0 Å². The lowest BCUT2D eigenvalue weighted by molar-refractivity contribution is 0.147. The number of fused-ring (bicyclic) bond motifs is 2. The fourth-order valence-corrected chi connectivity index (χ4v) is 5.19. The Bertz CT molecular complexity index is 1690. The van der Waals surface area contributed by atoms with Crippen LogP contribution in [0.4, 0.5) is 0 Å². The third-order valence-electron chi connectivity index (χ3n) is 7.56. The molecular formula is C29H34N10. The maximum atomic E-state index is 4.60. The first-order chi connectivity index (χ1) is 18.9. The van der Waals surface area contributed by atoms with E-state index in [1.165, 1.54) is 0 Å². The minimum absolute atomic E-state index is 0.502. The molecule has 0 unspecified atom stereocenters. The average molecular weight is 523 g/mol. The number of aromatic amines is 1. The maximum absolute atomic E-state index is 4.60. The van der Waals surface area contributed by atoms with Gasteiger partial charge in [0.1, 0.15) is 11.2 Å². The van der Waals surface area contributed by atoms with Crippen molar-refractivity contribution in [2.75, 3.05) is 13.1 Å². The Morgan fingerprint density at radius 2 is 1.64 bits per heavy atom. The Balaban J connectivity index is 0.000000151. The molecule has 0 amide bonds. The summed E-state index contributed by atoms with van der Waals surface area (Å²) >= 11 is 0. The quantitative estimate of drug-likeness (QED) is 0.353. The van der Waals surface area contributed by atoms with Gasteiger partial charge in [0, 0.05) is 85.1 Å². The molecule has 1 N–H and O–H groups in total. The van der Waals surface area contributed by atoms with Crippen molar-refractivity contribution >= 4 is 16.7 Å². The van der Waals surface area contributed by atoms with Gasteiger partial charge in [0.15, 0.2) is 0 Å². The third-order valence-corrected chi connectivity index (χ3v) is 7.56. The van der Waals surface area contributed by atoms with E-state index in [9.17, 15) is 0 Å². The lowest BCUT2D eigenvalue weighted by Crippen LogP contribution is -2.39. The first-order valence-corrected chi connectivity index (χ1v) is 13.4. The van der Waals surface area contributed by atoms with Crippen LogP contribution >= 0.6 is 0 Å². The number of H-pyrrole nitrogens is 1. The van der Waals surface area contributed by atoms with Crippen LogP contribution in [0.1, 0.15) is 38.4 Å². The van der Waals surface area contributed by atoms with Crippen LogP contribution < -0.4 is 0 Å². The first kappa shape index (κ1) is 25.0. The lowest BCUT2D eigenvalue weighted by atomic mass is 10.0. The van der Waals surface area contributed by atoms with Crippen LogP contribution in [0.3, 0.4) is 0 Å². The largest absolute Gasteiger partial charge is 0.304 e. The second-order valence-corrected chi connectivity index (χ2v) is 10.5. The number of imidazole rings is 1. The molecule has 0 aliphatic carbocycles. The van der Waals surface area contributed by atoms with Gasteiger partial charge < -0.3 is 9.30 Å². The van der Waals surface area contributed by atoms with Crippen LogP contribution in [0.25, 0.3) is 38.9 Å². The molecule has 0 bridgehead atoms. The molecule has 0 saturated carbocycles. The van der Waals surface area contributed by atoms with Crippen molar-refractivity contribution in [3.63, 3.8) is 0 Å². The monoisotopic (exact) mass is 522 g/mol. The highest BCUT2D eigenvalue weighted by Crippen LogP contribution is 2.27. The highest BCUT2D eigenvalue weighted by molar-refractivity contribution is 5.79. The Morgan fingerprint density at radius 3 is 2.41 bits per heavy atom. The average Bonchev–Trinajstić information content (AvgIpc) is 3.76. The summed E-state index contributed by atoms with van der Waals surface area (Å²) in [5, 5.41) is 15.8. The van der Waals surface area contributed by atoms with Gasteiger partial charge in [-0.1, -0.05) is 0 Å². The van der Waals surface area contributed by atoms with Gasteiger partial charge in [0.2, 0.25) is 0 Å². The fraction of sp³-hybridized carbons (Fsp3) is 0.345. The van der Waals surface area contributed by atoms with Crippen molar-refractivity contribution in [2.24, 2.45) is 7.05 Å². The van der Waals surface area contributed by atoms with Crippen LogP contribution in [0.15, 0.2) is 67.8 Å². The van der Waals surface area contributed by atoms with Gasteiger partial charge in [-0.3, -0.25) is 19.4 Å². The van der Waals surface area contributed by atoms with Gasteiger partial charge in [-0.05, 0) is 51.8 Å². The number of aromatic nitrogens is 9. The summed E-state index contributed by atoms with van der Waals surface area (Å²) < 4.78 is 6.02. The number of nitrogens with zero attached hydrogens (tertiary/aromatic N) is 9. The number of likely N-dealkylation sites (tertiary alicyclic amines) is 1. The number of rotatable bonds is 4. The van der Waals surface area contributed by atoms with E-state index in [4.69, 9.17) is 0 Å². The van der Waals surface area contributed by atoms with Crippen LogP contribution in [0.5, 0.6) is 0 Å². The van der Waals surface area contributed by atoms with Gasteiger partial charge >= 0.3 is 0 Å². The molecule has 1 fully saturated rings. The van der Waals surface area contributed by atoms with Crippen molar-refractivity contribution < 1.29 is 0 Å². The highest BCUT2D eigenvalue weighted by atomic mass is 15.3. The number of nitrogens with one attached hydrogen (secondary N) is 1. The maximum Gasteiger partial charge on any atom is 0.136 e. The molecule has 6 aromatic heterocycles. The molecule has 10 heteroatoms. The summed E-state index contributed by atoms with van der Waals surface area (Å²) in [6.07, 6.45) is 17.9. The highest BCUT2D eigenvalue weighted by Gasteiger charge is 2.22. The van der Waals surface area contributed by atoms with Crippen LogP contribution in [-0.4, -0.2) is 68.2 Å². The Hall–Kier alpha value is -4.31. The third kappa shape index (κ3) is 5.20. The normalized spacial score (nSPS) is 14.8. The van der Waals surface area contributed by atoms with E-state index < -0.39 is 0 Å². The zero-order valence-corrected chi connectivity index (χ0v) is 22.9. The summed E-state index contributed by atoms with van der Waals surface area (Å²) in [5.41, 5.74) is 8.43. The van der Waals surface area contributed by atoms with Crippen LogP contribution in [0.2, 0.25) is 0 Å². The zero-order chi connectivity index (χ0) is 26.9. The van der Waals surface area contributed by atoms with Crippen molar-refractivity contribution in [2.45, 2.75) is 45.7 Å². The summed E-state index contributed by atoms with van der Waals surface area (Å²) in [5.74, 6) is 0. The molecule has 1 aliphatic heterocycles. The van der Waals surface area contributed by atoms with Gasteiger partial charge in [0.05, 0.1) is 30.1 Å². The molecule has 1 aliphatic rings. The van der Waals surface area contributed by atoms with E-state index in [0.717, 1.165) is 70.6 Å². The standard InChI is InChI=1S/C17H22N6.C12H12N4/c1-12(2)22-5-3-15(4-6-22)23-11-14(9-20-23)13-7-16-17(18-8-13)10-19-21-16;1-9-5-13-12-4-3-10(8-16(9)12)11-6-14-15(2)7-11/h7-12,15H,3-6H2,1-2H3,(H,19,21);3-8H,1-2H3. The fourth-order valence-electron chi connectivity index (χ4n) is 5.19. The molecule has 0 spiro atoms. The molecule has 0 radical (unpaired) electrons. The molecule has 0 aromatic carbocycles. The SMILES string of the molecule is CC(C)N1CCC(n2cc(-c3cnc4cn[nH]c4c3)cn2)CC1.Cc1cnc2ccc(-c3cnn(C)c3)cn12. The molecule has 1 saturated heterocycles. The van der Waals surface area contributed by atoms with Crippen LogP contribution in [0, 0.1) is 6.92 Å². The number of aryl methyl sites for hydroxylation is 2. The van der Waals surface area contributed by atoms with Crippen molar-refractivity contribution in [1.29, 1.82) is 0 Å². The van der Waals surface area contributed by atoms with Crippen LogP contribution in [-0.2, 0) is 7.05 Å². The molecule has 7 heterocycles. The zero-order valence-electron chi connectivity index (χ0n) is 22.9. The predicted octanol–water partition coefficient (Wildman–Crippen LogP) is 4.91. The van der Waals surface area contributed by atoms with E-state index in [1.807, 2.05) is 51.0 Å². The van der Waals surface area contributed by atoms with Crippen molar-refractivity contribution in [3.05, 3.63) is 73.5 Å². The summed E-state index contributed by atoms with van der Waals surface area (Å²) in [6.45, 7) is 8.89. The second kappa shape index (κ2) is 10.5. The minimum atomic E-state index is 0.502. The molecule has 39 heavy (non-hydrogen) atoms. The molecule has 0 atom stereocenters. The second-order valence-electron chi connectivity index (χ2n) is 10.5. The van der Waals surface area contributed by atoms with Crippen molar-refractivity contribution in [3.8, 4) is 22.3 Å². The van der Waals surface area contributed by atoms with E-state index in [2.05, 4.69) is 82.7 Å². The lowest BCUT2D eigenvalue weighted by Gasteiger charge is -2.34. The van der Waals surface area contributed by atoms with E-state index in [0.29, 0.717) is 12.1 Å². The Kier molecular flexibility index (Phi) is 6.70. The van der Waals surface area contributed by atoms with Gasteiger partial charge in [0.25, 0.3) is 0 Å². The molecular weight excluding hydrogens is 488 g/mol. The van der Waals surface area contributed by atoms with Gasteiger partial charge in [-0.25, -0.2) is 4.98 Å². The minimum Gasteiger partial charge on any atom is -0.304 e. The number of hydrogen-bond donors (Lipinski definition) is 1. The summed E-state index contributed by atoms with van der Waals surface area (Å²) in [6, 6.07) is 7.31. The Morgan fingerprint density at radius 1 is 0.846 bits per heavy atom. The van der Waals surface area contributed by atoms with Crippen molar-refractivity contribution in [1.82, 2.24) is 49.0 Å². The summed E-state index contributed by atoms with van der Waals surface area (Å²) in [4.78, 5) is 11.3. The molecule has 10 nitrogen and oxygen atoms in total. The number of pyridine rings is 2. The topological polar surface area (TPSA) is 97.8 Å². The van der Waals surface area contributed by atoms with Gasteiger partial charge in [-0.2, -0.15) is 15.3 Å². The first-order valence-electron chi connectivity index (χ1n) is 13.4. The predicted molar refractivity (Wildman–Crippen MR) is 152 cm³/mol. The summed E-state index contributed by atoms with van der Waals surface area (Å²) in [7, 11) is 1.92. The molecule has 200 valence electrons. The molecule has 7 rings (SSSR count). The number of piperidine rings is 1. The Labute approximate surface area is 227 Å². The van der Waals surface area contributed by atoms with E-state index >= 15 is 0 Å². The van der Waals surface area contributed by atoms with E-state index in [-0.39, 0.29) is 0 Å². The number of hydrogen-bond acceptors (Lipinski definition) is 6. The molecule has 6 aromatic rings. The van der Waals surface area contributed by atoms with E-state index in [1.54, 1.807) is 10.9 Å².